The van der Waals surface area contributed by atoms with Gasteiger partial charge in [-0.2, -0.15) is 8.78 Å². The third kappa shape index (κ3) is 1.59. The number of rotatable bonds is 2. The number of carboxylic acids is 1. The number of ether oxygens (including phenoxy) is 1. The van der Waals surface area contributed by atoms with Gasteiger partial charge >= 0.3 is 11.9 Å². The molecule has 0 fully saturated rings. The Kier molecular flexibility index (Phi) is 2.19. The summed E-state index contributed by atoms with van der Waals surface area (Å²) in [5.41, 5.74) is 0.965. The van der Waals surface area contributed by atoms with Crippen molar-refractivity contribution in [3.05, 3.63) is 34.9 Å². The smallest absolute Gasteiger partial charge is 0.379 e. The summed E-state index contributed by atoms with van der Waals surface area (Å²) in [5.74, 6) is -5.97. The Hall–Kier alpha value is -1.49. The van der Waals surface area contributed by atoms with E-state index < -0.39 is 17.5 Å². The van der Waals surface area contributed by atoms with Gasteiger partial charge in [-0.15, -0.1) is 0 Å². The number of hydrogen-bond acceptors (Lipinski definition) is 2. The molecule has 1 aromatic carbocycles. The predicted molar refractivity (Wildman–Crippen MR) is 46.5 cm³/mol. The monoisotopic (exact) mass is 214 g/mol. The molecule has 1 N–H and O–H groups in total. The molecular formula is C10H8F2O3. The van der Waals surface area contributed by atoms with E-state index in [1.165, 1.54) is 12.1 Å². The van der Waals surface area contributed by atoms with Crippen LogP contribution in [-0.2, 0) is 28.7 Å². The average Bonchev–Trinajstić information content (AvgIpc) is 2.63. The first kappa shape index (κ1) is 10.0. The molecular weight excluding hydrogens is 206 g/mol. The van der Waals surface area contributed by atoms with Gasteiger partial charge in [0.05, 0.1) is 13.2 Å². The Morgan fingerprint density at radius 2 is 2.00 bits per heavy atom. The van der Waals surface area contributed by atoms with Gasteiger partial charge in [0.1, 0.15) is 0 Å². The van der Waals surface area contributed by atoms with Crippen molar-refractivity contribution in [2.45, 2.75) is 19.1 Å². The molecule has 1 aliphatic rings. The van der Waals surface area contributed by atoms with Gasteiger partial charge in [0.2, 0.25) is 0 Å². The number of carboxylic acid groups (broad SMARTS) is 1. The fraction of sp³-hybridized carbons (Fsp3) is 0.300. The second-order valence-electron chi connectivity index (χ2n) is 3.36. The molecule has 80 valence electrons. The van der Waals surface area contributed by atoms with Crippen molar-refractivity contribution in [2.24, 2.45) is 0 Å². The summed E-state index contributed by atoms with van der Waals surface area (Å²) in [4.78, 5) is 10.3. The molecule has 1 aliphatic heterocycles. The van der Waals surface area contributed by atoms with E-state index in [0.717, 1.165) is 11.6 Å². The van der Waals surface area contributed by atoms with E-state index in [4.69, 9.17) is 9.84 Å². The van der Waals surface area contributed by atoms with Crippen LogP contribution in [0.2, 0.25) is 0 Å². The highest BCUT2D eigenvalue weighted by molar-refractivity contribution is 5.77. The number of halogens is 2. The Balaban J connectivity index is 2.42. The van der Waals surface area contributed by atoms with E-state index in [9.17, 15) is 13.6 Å². The third-order valence-electron chi connectivity index (χ3n) is 2.35. The lowest BCUT2D eigenvalue weighted by molar-refractivity contribution is -0.166. The lowest BCUT2D eigenvalue weighted by Crippen LogP contribution is -2.25. The summed E-state index contributed by atoms with van der Waals surface area (Å²) in [6.45, 7) is 0.660. The first-order chi connectivity index (χ1) is 7.01. The lowest BCUT2D eigenvalue weighted by atomic mass is 10.0. The molecule has 0 bridgehead atoms. The predicted octanol–water partition coefficient (Wildman–Crippen LogP) is 1.89. The van der Waals surface area contributed by atoms with E-state index in [2.05, 4.69) is 0 Å². The molecule has 0 radical (unpaired) electrons. The molecule has 0 atom stereocenters. The quantitative estimate of drug-likeness (QED) is 0.817. The second kappa shape index (κ2) is 3.27. The molecule has 0 spiro atoms. The van der Waals surface area contributed by atoms with Gasteiger partial charge in [0.25, 0.3) is 0 Å². The largest absolute Gasteiger partial charge is 0.477 e. The SMILES string of the molecule is O=C(O)C(F)(F)c1ccc2c(c1)COC2. The number of alkyl halides is 2. The standard InChI is InChI=1S/C10H8F2O3/c11-10(12,9(13)14)8-2-1-6-4-15-5-7(6)3-8/h1-3H,4-5H2,(H,13,14). The molecule has 1 heterocycles. The van der Waals surface area contributed by atoms with E-state index >= 15 is 0 Å². The number of benzene rings is 1. The first-order valence-electron chi connectivity index (χ1n) is 4.33. The maximum Gasteiger partial charge on any atom is 0.379 e. The van der Waals surface area contributed by atoms with Gasteiger partial charge in [-0.25, -0.2) is 4.79 Å². The van der Waals surface area contributed by atoms with Gasteiger partial charge in [-0.05, 0) is 17.2 Å². The fourth-order valence-corrected chi connectivity index (χ4v) is 1.49. The molecule has 0 saturated heterocycles. The highest BCUT2D eigenvalue weighted by Gasteiger charge is 2.41. The van der Waals surface area contributed by atoms with Crippen LogP contribution in [0.1, 0.15) is 16.7 Å². The average molecular weight is 214 g/mol. The van der Waals surface area contributed by atoms with Crippen LogP contribution < -0.4 is 0 Å². The van der Waals surface area contributed by atoms with Crippen LogP contribution in [0.25, 0.3) is 0 Å². The van der Waals surface area contributed by atoms with Gasteiger partial charge in [0.15, 0.2) is 0 Å². The maximum absolute atomic E-state index is 13.1. The Bertz CT molecular complexity index is 415. The maximum atomic E-state index is 13.1. The molecule has 0 aliphatic carbocycles. The molecule has 15 heavy (non-hydrogen) atoms. The van der Waals surface area contributed by atoms with Crippen LogP contribution in [0.5, 0.6) is 0 Å². The molecule has 3 nitrogen and oxygen atoms in total. The van der Waals surface area contributed by atoms with Crippen LogP contribution in [0.4, 0.5) is 8.78 Å². The summed E-state index contributed by atoms with van der Waals surface area (Å²) in [5, 5.41) is 8.36. The van der Waals surface area contributed by atoms with E-state index in [0.29, 0.717) is 12.2 Å². The van der Waals surface area contributed by atoms with Gasteiger partial charge in [-0.1, -0.05) is 12.1 Å². The van der Waals surface area contributed by atoms with Crippen LogP contribution in [-0.4, -0.2) is 11.1 Å². The minimum atomic E-state index is -3.84. The topological polar surface area (TPSA) is 46.5 Å². The summed E-state index contributed by atoms with van der Waals surface area (Å²) in [6, 6.07) is 3.80. The molecule has 5 heteroatoms. The number of fused-ring (bicyclic) bond motifs is 1. The Morgan fingerprint density at radius 1 is 1.33 bits per heavy atom. The normalized spacial score (nSPS) is 15.1. The molecule has 0 aromatic heterocycles. The molecule has 0 unspecified atom stereocenters. The zero-order chi connectivity index (χ0) is 11.1. The highest BCUT2D eigenvalue weighted by Crippen LogP contribution is 2.31. The number of carbonyl (C=O) groups is 1. The van der Waals surface area contributed by atoms with Crippen molar-refractivity contribution in [2.75, 3.05) is 0 Å². The third-order valence-corrected chi connectivity index (χ3v) is 2.35. The van der Waals surface area contributed by atoms with Crippen LogP contribution in [0.15, 0.2) is 18.2 Å². The molecule has 0 amide bonds. The molecule has 0 saturated carbocycles. The van der Waals surface area contributed by atoms with Crippen LogP contribution >= 0.6 is 0 Å². The summed E-state index contributed by atoms with van der Waals surface area (Å²) < 4.78 is 31.3. The Morgan fingerprint density at radius 3 is 2.67 bits per heavy atom. The summed E-state index contributed by atoms with van der Waals surface area (Å²) >= 11 is 0. The van der Waals surface area contributed by atoms with E-state index in [-0.39, 0.29) is 6.61 Å². The first-order valence-corrected chi connectivity index (χ1v) is 4.33. The van der Waals surface area contributed by atoms with Crippen LogP contribution in [0.3, 0.4) is 0 Å². The minimum Gasteiger partial charge on any atom is -0.477 e. The Labute approximate surface area is 84.3 Å². The lowest BCUT2D eigenvalue weighted by Gasteiger charge is -2.12. The van der Waals surface area contributed by atoms with E-state index in [1.807, 2.05) is 0 Å². The van der Waals surface area contributed by atoms with Crippen molar-refractivity contribution in [1.82, 2.24) is 0 Å². The fourth-order valence-electron chi connectivity index (χ4n) is 1.49. The van der Waals surface area contributed by atoms with Gasteiger partial charge in [-0.3, -0.25) is 0 Å². The van der Waals surface area contributed by atoms with Crippen molar-refractivity contribution in [1.29, 1.82) is 0 Å². The molecule has 1 aromatic rings. The summed E-state index contributed by atoms with van der Waals surface area (Å²) in [6.07, 6.45) is 0. The zero-order valence-electron chi connectivity index (χ0n) is 7.67. The highest BCUT2D eigenvalue weighted by atomic mass is 19.3. The number of hydrogen-bond donors (Lipinski definition) is 1. The summed E-state index contributed by atoms with van der Waals surface area (Å²) in [7, 11) is 0. The zero-order valence-corrected chi connectivity index (χ0v) is 7.67. The van der Waals surface area contributed by atoms with Crippen molar-refractivity contribution >= 4 is 5.97 Å². The number of aliphatic carboxylic acids is 1. The second-order valence-corrected chi connectivity index (χ2v) is 3.36. The van der Waals surface area contributed by atoms with Crippen molar-refractivity contribution < 1.29 is 23.4 Å². The molecule has 2 rings (SSSR count). The van der Waals surface area contributed by atoms with Crippen molar-refractivity contribution in [3.8, 4) is 0 Å². The van der Waals surface area contributed by atoms with Gasteiger partial charge in [0, 0.05) is 5.56 Å². The van der Waals surface area contributed by atoms with E-state index in [1.54, 1.807) is 0 Å². The van der Waals surface area contributed by atoms with Gasteiger partial charge < -0.3 is 9.84 Å². The minimum absolute atomic E-state index is 0.263. The van der Waals surface area contributed by atoms with Crippen molar-refractivity contribution in [3.63, 3.8) is 0 Å². The van der Waals surface area contributed by atoms with Crippen LogP contribution in [0, 0.1) is 0 Å².